The summed E-state index contributed by atoms with van der Waals surface area (Å²) in [6.45, 7) is 0. The van der Waals surface area contributed by atoms with Crippen LogP contribution in [0.4, 0.5) is 43.4 Å². The Hall–Kier alpha value is -5.53. The molecule has 0 fully saturated rings. The molecule has 0 unspecified atom stereocenters. The number of rotatable bonds is 6. The van der Waals surface area contributed by atoms with Gasteiger partial charge in [-0.15, -0.1) is 0 Å². The van der Waals surface area contributed by atoms with Gasteiger partial charge in [-0.05, 0) is 60.2 Å². The van der Waals surface area contributed by atoms with Gasteiger partial charge in [0.25, 0.3) is 12.9 Å². The molecule has 0 spiro atoms. The first kappa shape index (κ1) is 34.0. The van der Waals surface area contributed by atoms with E-state index >= 15 is 0 Å². The van der Waals surface area contributed by atoms with Crippen LogP contribution in [-0.4, -0.2) is 35.0 Å². The van der Waals surface area contributed by atoms with Crippen molar-refractivity contribution in [1.82, 2.24) is 0 Å². The molecule has 0 atom stereocenters. The van der Waals surface area contributed by atoms with Gasteiger partial charge in [0.05, 0.1) is 46.6 Å². The minimum Gasteiger partial charge on any atom is -0.496 e. The molecule has 4 aromatic rings. The Labute approximate surface area is 252 Å². The fourth-order valence-electron chi connectivity index (χ4n) is 4.17. The molecule has 0 aromatic heterocycles. The third-order valence-electron chi connectivity index (χ3n) is 6.31. The molecule has 8 nitrogen and oxygen atoms in total. The summed E-state index contributed by atoms with van der Waals surface area (Å²) >= 11 is 0. The Balaban J connectivity index is 0.000000203. The van der Waals surface area contributed by atoms with Crippen molar-refractivity contribution in [3.05, 3.63) is 118 Å². The van der Waals surface area contributed by atoms with E-state index in [0.29, 0.717) is 17.0 Å². The van der Waals surface area contributed by atoms with E-state index in [2.05, 4.69) is 9.73 Å². The summed E-state index contributed by atoms with van der Waals surface area (Å²) in [5.74, 6) is -3.62. The molecule has 0 aliphatic carbocycles. The molecule has 6 N–H and O–H groups in total. The largest absolute Gasteiger partial charge is 0.496 e. The van der Waals surface area contributed by atoms with E-state index in [9.17, 15) is 35.9 Å². The average molecular weight is 634 g/mol. The SMILES string of the molecule is COc1ccc(F)cc1C(F)F.Nc1cccc(C(=O)O)c1N.O=C(O)c1cccc2c1N=C(c1ccc(F)cc1C(F)F)C2. The van der Waals surface area contributed by atoms with Crippen molar-refractivity contribution in [3.8, 4) is 5.75 Å². The van der Waals surface area contributed by atoms with Crippen LogP contribution in [0.2, 0.25) is 0 Å². The number of aromatic carboxylic acids is 2. The second kappa shape index (κ2) is 14.8. The van der Waals surface area contributed by atoms with Crippen LogP contribution in [0.3, 0.4) is 0 Å². The van der Waals surface area contributed by atoms with Crippen LogP contribution in [0.15, 0.2) is 77.8 Å². The summed E-state index contributed by atoms with van der Waals surface area (Å²) < 4.78 is 80.7. The highest BCUT2D eigenvalue weighted by molar-refractivity contribution is 6.10. The summed E-state index contributed by atoms with van der Waals surface area (Å²) in [6, 6.07) is 15.3. The summed E-state index contributed by atoms with van der Waals surface area (Å²) in [5.41, 5.74) is 11.8. The van der Waals surface area contributed by atoms with Crippen molar-refractivity contribution < 1.29 is 50.9 Å². The smallest absolute Gasteiger partial charge is 0.337 e. The molecular weight excluding hydrogens is 608 g/mol. The number of anilines is 2. The number of carboxylic acids is 2. The molecule has 1 heterocycles. The molecule has 236 valence electrons. The van der Waals surface area contributed by atoms with Gasteiger partial charge in [-0.2, -0.15) is 0 Å². The fourth-order valence-corrected chi connectivity index (χ4v) is 4.17. The molecule has 14 heteroatoms. The van der Waals surface area contributed by atoms with Gasteiger partial charge in [0.1, 0.15) is 17.4 Å². The van der Waals surface area contributed by atoms with Crippen molar-refractivity contribution in [2.45, 2.75) is 19.3 Å². The van der Waals surface area contributed by atoms with E-state index in [-0.39, 0.29) is 40.2 Å². The molecule has 0 bridgehead atoms. The normalized spacial score (nSPS) is 11.5. The molecule has 1 aliphatic heterocycles. The monoisotopic (exact) mass is 633 g/mol. The maximum absolute atomic E-state index is 13.2. The highest BCUT2D eigenvalue weighted by Crippen LogP contribution is 2.35. The molecule has 5 rings (SSSR count). The van der Waals surface area contributed by atoms with Crippen LogP contribution in [-0.2, 0) is 6.42 Å². The van der Waals surface area contributed by atoms with Crippen molar-refractivity contribution in [1.29, 1.82) is 0 Å². The minimum absolute atomic E-state index is 0.00593. The van der Waals surface area contributed by atoms with Gasteiger partial charge in [0, 0.05) is 17.5 Å². The number of ether oxygens (including phenoxy) is 1. The van der Waals surface area contributed by atoms with Gasteiger partial charge < -0.3 is 26.4 Å². The number of nitrogens with zero attached hydrogens (tertiary/aromatic N) is 1. The van der Waals surface area contributed by atoms with E-state index in [1.54, 1.807) is 24.3 Å². The molecule has 0 saturated carbocycles. The summed E-state index contributed by atoms with van der Waals surface area (Å²) in [4.78, 5) is 25.8. The predicted molar refractivity (Wildman–Crippen MR) is 155 cm³/mol. The zero-order chi connectivity index (χ0) is 33.4. The second-order valence-corrected chi connectivity index (χ2v) is 9.19. The quantitative estimate of drug-likeness (QED) is 0.127. The van der Waals surface area contributed by atoms with Gasteiger partial charge in [-0.3, -0.25) is 4.99 Å². The first-order chi connectivity index (χ1) is 21.2. The zero-order valence-corrected chi connectivity index (χ0v) is 23.3. The van der Waals surface area contributed by atoms with E-state index in [1.807, 2.05) is 0 Å². The van der Waals surface area contributed by atoms with Gasteiger partial charge in [-0.25, -0.2) is 35.9 Å². The van der Waals surface area contributed by atoms with Crippen LogP contribution in [0, 0.1) is 11.6 Å². The molecule has 1 aliphatic rings. The summed E-state index contributed by atoms with van der Waals surface area (Å²) in [6.07, 6.45) is -5.31. The number of aliphatic imine (C=N–C) groups is 1. The predicted octanol–water partition coefficient (Wildman–Crippen LogP) is 7.46. The van der Waals surface area contributed by atoms with Crippen molar-refractivity contribution >= 4 is 34.7 Å². The highest BCUT2D eigenvalue weighted by Gasteiger charge is 2.25. The molecule has 0 amide bonds. The van der Waals surface area contributed by atoms with E-state index in [4.69, 9.17) is 21.7 Å². The lowest BCUT2D eigenvalue weighted by atomic mass is 9.99. The van der Waals surface area contributed by atoms with Gasteiger partial charge >= 0.3 is 11.9 Å². The molecule has 4 aromatic carbocycles. The summed E-state index contributed by atoms with van der Waals surface area (Å²) in [7, 11) is 1.26. The van der Waals surface area contributed by atoms with Crippen LogP contribution in [0.5, 0.6) is 5.75 Å². The lowest BCUT2D eigenvalue weighted by Gasteiger charge is -2.08. The molecule has 0 saturated heterocycles. The number of methoxy groups -OCH3 is 1. The Kier molecular flexibility index (Phi) is 11.1. The standard InChI is InChI=1S/C16H10F3NO2.C8H7F3O.C7H8N2O2/c17-9-4-5-10(12(7-9)15(18)19)13-6-8-2-1-3-11(16(21)22)14(8)20-13;1-12-7-3-2-5(9)4-6(7)8(10)11;8-5-3-1-2-4(6(5)9)7(10)11/h1-5,7,15H,6H2,(H,21,22);2-4,8H,1H3;1-3H,8-9H2,(H,10,11). The van der Waals surface area contributed by atoms with E-state index in [0.717, 1.165) is 24.3 Å². The molecule has 0 radical (unpaired) electrons. The Morgan fingerprint density at radius 1 is 0.800 bits per heavy atom. The van der Waals surface area contributed by atoms with Crippen LogP contribution < -0.4 is 16.2 Å². The number of carboxylic acid groups (broad SMARTS) is 2. The maximum Gasteiger partial charge on any atom is 0.337 e. The number of halogens is 6. The zero-order valence-electron chi connectivity index (χ0n) is 23.3. The van der Waals surface area contributed by atoms with Crippen molar-refractivity contribution in [2.75, 3.05) is 18.6 Å². The topological polar surface area (TPSA) is 148 Å². The Bertz CT molecular complexity index is 1750. The van der Waals surface area contributed by atoms with Crippen LogP contribution >= 0.6 is 0 Å². The third-order valence-corrected chi connectivity index (χ3v) is 6.31. The van der Waals surface area contributed by atoms with Gasteiger partial charge in [-0.1, -0.05) is 18.2 Å². The highest BCUT2D eigenvalue weighted by atomic mass is 19.3. The molecular formula is C31H25F6N3O5. The van der Waals surface area contributed by atoms with Crippen LogP contribution in [0.25, 0.3) is 0 Å². The van der Waals surface area contributed by atoms with Crippen molar-refractivity contribution in [2.24, 2.45) is 4.99 Å². The number of hydrogen-bond acceptors (Lipinski definition) is 6. The third kappa shape index (κ3) is 8.31. The number of nitrogens with two attached hydrogens (primary N) is 2. The number of hydrogen-bond donors (Lipinski definition) is 4. The summed E-state index contributed by atoms with van der Waals surface area (Å²) in [5, 5.41) is 17.7. The lowest BCUT2D eigenvalue weighted by molar-refractivity contribution is 0.0687. The first-order valence-electron chi connectivity index (χ1n) is 12.7. The van der Waals surface area contributed by atoms with Crippen LogP contribution in [0.1, 0.15) is 55.8 Å². The maximum atomic E-state index is 13.2. The van der Waals surface area contributed by atoms with Crippen molar-refractivity contribution in [3.63, 3.8) is 0 Å². The fraction of sp³-hybridized carbons (Fsp3) is 0.129. The van der Waals surface area contributed by atoms with E-state index in [1.165, 1.54) is 31.4 Å². The average Bonchev–Trinajstić information content (AvgIpc) is 3.43. The lowest BCUT2D eigenvalue weighted by Crippen LogP contribution is -2.06. The number of nitrogen functional groups attached to an aromatic ring is 2. The number of para-hydroxylation sites is 2. The van der Waals surface area contributed by atoms with E-state index < -0.39 is 47.6 Å². The number of alkyl halides is 4. The Morgan fingerprint density at radius 2 is 1.36 bits per heavy atom. The minimum atomic E-state index is -2.84. The number of fused-ring (bicyclic) bond motifs is 1. The number of carbonyl (C=O) groups is 2. The number of benzene rings is 4. The molecule has 45 heavy (non-hydrogen) atoms. The van der Waals surface area contributed by atoms with Gasteiger partial charge in [0.15, 0.2) is 0 Å². The van der Waals surface area contributed by atoms with Gasteiger partial charge in [0.2, 0.25) is 0 Å². The first-order valence-corrected chi connectivity index (χ1v) is 12.7. The second-order valence-electron chi connectivity index (χ2n) is 9.19. The Morgan fingerprint density at radius 3 is 1.91 bits per heavy atom.